The molecule has 0 unspecified atom stereocenters. The number of carbonyl (C=O) groups is 1. The molecule has 162 valence electrons. The molecule has 0 bridgehead atoms. The molecule has 1 fully saturated rings. The van der Waals surface area contributed by atoms with Gasteiger partial charge in [0.15, 0.2) is 0 Å². The first-order valence-electron chi connectivity index (χ1n) is 10.9. The van der Waals surface area contributed by atoms with Gasteiger partial charge in [-0.05, 0) is 61.7 Å². The Balaban J connectivity index is 1.57. The van der Waals surface area contributed by atoms with Crippen molar-refractivity contribution in [1.29, 1.82) is 0 Å². The fourth-order valence-electron chi connectivity index (χ4n) is 4.11. The van der Waals surface area contributed by atoms with Crippen LogP contribution in [-0.2, 0) is 6.54 Å². The number of piperidine rings is 1. The molecule has 5 rings (SSSR count). The molecule has 0 saturated carbocycles. The third-order valence-electron chi connectivity index (χ3n) is 5.77. The summed E-state index contributed by atoms with van der Waals surface area (Å²) in [4.78, 5) is 33.3. The maximum Gasteiger partial charge on any atom is 0.267 e. The van der Waals surface area contributed by atoms with Gasteiger partial charge in [0.05, 0.1) is 29.4 Å². The Morgan fingerprint density at radius 1 is 1.00 bits per heavy atom. The van der Waals surface area contributed by atoms with Crippen molar-refractivity contribution < 1.29 is 9.21 Å². The predicted octanol–water partition coefficient (Wildman–Crippen LogP) is 3.90. The molecule has 0 radical (unpaired) electrons. The van der Waals surface area contributed by atoms with E-state index in [0.29, 0.717) is 34.7 Å². The summed E-state index contributed by atoms with van der Waals surface area (Å²) < 4.78 is 6.95. The average molecular weight is 428 g/mol. The number of anilines is 1. The molecule has 1 aliphatic rings. The van der Waals surface area contributed by atoms with Gasteiger partial charge in [-0.15, -0.1) is 0 Å². The highest BCUT2D eigenvalue weighted by molar-refractivity contribution is 5.97. The van der Waals surface area contributed by atoms with Crippen LogP contribution in [0.2, 0.25) is 0 Å². The van der Waals surface area contributed by atoms with Crippen LogP contribution in [0.15, 0.2) is 76.1 Å². The van der Waals surface area contributed by atoms with E-state index in [1.165, 1.54) is 6.42 Å². The summed E-state index contributed by atoms with van der Waals surface area (Å²) in [6, 6.07) is 18.2. The maximum absolute atomic E-state index is 13.5. The van der Waals surface area contributed by atoms with Crippen molar-refractivity contribution in [3.63, 3.8) is 0 Å². The van der Waals surface area contributed by atoms with Crippen molar-refractivity contribution in [3.05, 3.63) is 88.6 Å². The van der Waals surface area contributed by atoms with Gasteiger partial charge in [0.2, 0.25) is 5.95 Å². The van der Waals surface area contributed by atoms with Gasteiger partial charge in [-0.1, -0.05) is 18.2 Å². The van der Waals surface area contributed by atoms with Crippen LogP contribution in [0.4, 0.5) is 5.95 Å². The van der Waals surface area contributed by atoms with E-state index in [9.17, 15) is 9.59 Å². The van der Waals surface area contributed by atoms with Crippen molar-refractivity contribution in [3.8, 4) is 5.69 Å². The van der Waals surface area contributed by atoms with Crippen LogP contribution in [0.3, 0.4) is 0 Å². The molecule has 1 saturated heterocycles. The molecule has 2 aromatic carbocycles. The number of hydrogen-bond acceptors (Lipinski definition) is 5. The maximum atomic E-state index is 13.5. The first-order valence-corrected chi connectivity index (χ1v) is 10.9. The topological polar surface area (TPSA) is 80.4 Å². The van der Waals surface area contributed by atoms with Gasteiger partial charge in [0.1, 0.15) is 5.76 Å². The Kier molecular flexibility index (Phi) is 5.46. The van der Waals surface area contributed by atoms with E-state index in [4.69, 9.17) is 9.40 Å². The van der Waals surface area contributed by atoms with Gasteiger partial charge in [-0.3, -0.25) is 9.59 Å². The monoisotopic (exact) mass is 428 g/mol. The minimum atomic E-state index is -0.239. The number of furan rings is 1. The van der Waals surface area contributed by atoms with Gasteiger partial charge >= 0.3 is 0 Å². The number of rotatable bonds is 5. The molecule has 1 amide bonds. The Hall–Kier alpha value is -3.87. The number of benzene rings is 2. The molecule has 2 aromatic heterocycles. The average Bonchev–Trinajstić information content (AvgIpc) is 3.37. The summed E-state index contributed by atoms with van der Waals surface area (Å²) in [6.07, 6.45) is 4.89. The highest BCUT2D eigenvalue weighted by Gasteiger charge is 2.21. The number of nitrogens with one attached hydrogen (secondary N) is 1. The smallest absolute Gasteiger partial charge is 0.267 e. The number of hydrogen-bond donors (Lipinski definition) is 1. The third kappa shape index (κ3) is 3.89. The zero-order valence-electron chi connectivity index (χ0n) is 17.7. The van der Waals surface area contributed by atoms with E-state index in [2.05, 4.69) is 10.2 Å². The molecule has 0 atom stereocenters. The summed E-state index contributed by atoms with van der Waals surface area (Å²) in [7, 11) is 0. The highest BCUT2D eigenvalue weighted by atomic mass is 16.3. The minimum Gasteiger partial charge on any atom is -0.467 e. The molecule has 32 heavy (non-hydrogen) atoms. The zero-order valence-corrected chi connectivity index (χ0v) is 17.7. The van der Waals surface area contributed by atoms with Crippen LogP contribution in [0.5, 0.6) is 0 Å². The number of nitrogens with zero attached hydrogens (tertiary/aromatic N) is 3. The first kappa shape index (κ1) is 20.1. The largest absolute Gasteiger partial charge is 0.467 e. The summed E-state index contributed by atoms with van der Waals surface area (Å²) in [5, 5.41) is 3.33. The Labute approximate surface area is 185 Å². The van der Waals surface area contributed by atoms with E-state index >= 15 is 0 Å². The lowest BCUT2D eigenvalue weighted by Crippen LogP contribution is -2.36. The lowest BCUT2D eigenvalue weighted by Gasteiger charge is -2.30. The van der Waals surface area contributed by atoms with Crippen molar-refractivity contribution in [2.75, 3.05) is 18.0 Å². The second-order valence-electron chi connectivity index (χ2n) is 7.93. The van der Waals surface area contributed by atoms with Crippen LogP contribution in [-0.4, -0.2) is 28.5 Å². The van der Waals surface area contributed by atoms with Crippen LogP contribution < -0.4 is 15.8 Å². The summed E-state index contributed by atoms with van der Waals surface area (Å²) in [5.41, 5.74) is 1.63. The highest BCUT2D eigenvalue weighted by Crippen LogP contribution is 2.23. The Morgan fingerprint density at radius 3 is 2.56 bits per heavy atom. The van der Waals surface area contributed by atoms with Gasteiger partial charge < -0.3 is 14.6 Å². The summed E-state index contributed by atoms with van der Waals surface area (Å²) >= 11 is 0. The van der Waals surface area contributed by atoms with E-state index in [-0.39, 0.29) is 11.5 Å². The molecule has 0 spiro atoms. The van der Waals surface area contributed by atoms with Gasteiger partial charge in [-0.2, -0.15) is 0 Å². The molecule has 7 heteroatoms. The number of para-hydroxylation sites is 1. The standard InChI is InChI=1S/C25H24N4O3/c30-23(26-17-20-10-7-15-32-20)18-11-12-21-22(16-18)27-25(28-13-5-2-6-14-28)29(24(21)31)19-8-3-1-4-9-19/h1,3-4,7-12,15-16H,2,5-6,13-14,17H2,(H,26,30). The number of carbonyl (C=O) groups excluding carboxylic acids is 1. The molecular formula is C25H24N4O3. The molecule has 3 heterocycles. The van der Waals surface area contributed by atoms with Crippen molar-refractivity contribution in [2.45, 2.75) is 25.8 Å². The van der Waals surface area contributed by atoms with Crippen molar-refractivity contribution >= 4 is 22.8 Å². The minimum absolute atomic E-state index is 0.135. The predicted molar refractivity (Wildman–Crippen MR) is 123 cm³/mol. The normalized spacial score (nSPS) is 13.9. The third-order valence-corrected chi connectivity index (χ3v) is 5.77. The fraction of sp³-hybridized carbons (Fsp3) is 0.240. The van der Waals surface area contributed by atoms with Crippen molar-refractivity contribution in [1.82, 2.24) is 14.9 Å². The lowest BCUT2D eigenvalue weighted by atomic mass is 10.1. The van der Waals surface area contributed by atoms with Crippen LogP contribution in [0.1, 0.15) is 35.4 Å². The quantitative estimate of drug-likeness (QED) is 0.522. The second-order valence-corrected chi connectivity index (χ2v) is 7.93. The molecule has 0 aliphatic carbocycles. The molecular weight excluding hydrogens is 404 g/mol. The fourth-order valence-corrected chi connectivity index (χ4v) is 4.11. The SMILES string of the molecule is O=C(NCc1ccco1)c1ccc2c(=O)n(-c3ccccc3)c(N3CCCCC3)nc2c1. The van der Waals surface area contributed by atoms with E-state index in [0.717, 1.165) is 31.6 Å². The van der Waals surface area contributed by atoms with Gasteiger partial charge in [0, 0.05) is 18.7 Å². The Bertz CT molecular complexity index is 1290. The first-order chi connectivity index (χ1) is 15.7. The Morgan fingerprint density at radius 2 is 1.81 bits per heavy atom. The van der Waals surface area contributed by atoms with Gasteiger partial charge in [0.25, 0.3) is 11.5 Å². The van der Waals surface area contributed by atoms with Gasteiger partial charge in [-0.25, -0.2) is 9.55 Å². The molecule has 1 N–H and O–H groups in total. The number of fused-ring (bicyclic) bond motifs is 1. The van der Waals surface area contributed by atoms with Crippen LogP contribution >= 0.6 is 0 Å². The number of amides is 1. The van der Waals surface area contributed by atoms with E-state index in [1.54, 1.807) is 41.2 Å². The zero-order chi connectivity index (χ0) is 21.9. The lowest BCUT2D eigenvalue weighted by molar-refractivity contribution is 0.0948. The van der Waals surface area contributed by atoms with Crippen LogP contribution in [0, 0.1) is 0 Å². The molecule has 7 nitrogen and oxygen atoms in total. The van der Waals surface area contributed by atoms with Crippen molar-refractivity contribution in [2.24, 2.45) is 0 Å². The van der Waals surface area contributed by atoms with E-state index < -0.39 is 0 Å². The van der Waals surface area contributed by atoms with E-state index in [1.807, 2.05) is 30.3 Å². The molecule has 1 aliphatic heterocycles. The van der Waals surface area contributed by atoms with Crippen LogP contribution in [0.25, 0.3) is 16.6 Å². The number of aromatic nitrogens is 2. The molecule has 4 aromatic rings. The second kappa shape index (κ2) is 8.70. The summed E-state index contributed by atoms with van der Waals surface area (Å²) in [5.74, 6) is 1.06. The summed E-state index contributed by atoms with van der Waals surface area (Å²) in [6.45, 7) is 2.01.